The number of carbonyl (C=O) groups is 2. The van der Waals surface area contributed by atoms with Gasteiger partial charge in [-0.1, -0.05) is 26.2 Å². The molecule has 24 heavy (non-hydrogen) atoms. The lowest BCUT2D eigenvalue weighted by Gasteiger charge is -2.22. The van der Waals surface area contributed by atoms with Crippen LogP contribution in [0.5, 0.6) is 0 Å². The molecule has 0 aromatic heterocycles. The summed E-state index contributed by atoms with van der Waals surface area (Å²) in [4.78, 5) is 26.9. The fourth-order valence-electron chi connectivity index (χ4n) is 2.28. The number of likely N-dealkylation sites (N-methyl/N-ethyl adjacent to an activating group) is 1. The summed E-state index contributed by atoms with van der Waals surface area (Å²) in [6.45, 7) is 2.64. The van der Waals surface area contributed by atoms with Gasteiger partial charge in [0.05, 0.1) is 11.3 Å². The van der Waals surface area contributed by atoms with Crippen LogP contribution in [0.1, 0.15) is 43.0 Å². The molecule has 0 saturated carbocycles. The summed E-state index contributed by atoms with van der Waals surface area (Å²) >= 11 is 0. The Morgan fingerprint density at radius 3 is 2.42 bits per heavy atom. The van der Waals surface area contributed by atoms with Gasteiger partial charge in [-0.15, -0.1) is 0 Å². The first-order valence-corrected chi connectivity index (χ1v) is 8.27. The minimum atomic E-state index is -1.06. The van der Waals surface area contributed by atoms with E-state index >= 15 is 0 Å². The summed E-state index contributed by atoms with van der Waals surface area (Å²) in [6, 6.07) is 4.93. The van der Waals surface area contributed by atoms with Crippen molar-refractivity contribution in [2.45, 2.75) is 32.6 Å². The minimum absolute atomic E-state index is 0.0477. The van der Waals surface area contributed by atoms with E-state index in [-0.39, 0.29) is 18.1 Å². The monoisotopic (exact) mass is 336 g/mol. The molecule has 0 aliphatic rings. The number of aromatic carboxylic acids is 1. The van der Waals surface area contributed by atoms with Crippen LogP contribution in [0, 0.1) is 0 Å². The van der Waals surface area contributed by atoms with Crippen molar-refractivity contribution in [3.05, 3.63) is 23.8 Å². The molecule has 134 valence electrons. The van der Waals surface area contributed by atoms with Gasteiger partial charge in [0.2, 0.25) is 0 Å². The van der Waals surface area contributed by atoms with Crippen LogP contribution in [-0.2, 0) is 9.53 Å². The number of unbranched alkanes of at least 4 members (excludes halogenated alkanes) is 3. The summed E-state index contributed by atoms with van der Waals surface area (Å²) in [5, 5.41) is 9.34. The topological polar surface area (TPSA) is 70.1 Å². The zero-order valence-electron chi connectivity index (χ0n) is 15.0. The Balaban J connectivity index is 2.74. The van der Waals surface area contributed by atoms with Gasteiger partial charge in [0, 0.05) is 33.4 Å². The molecule has 0 fully saturated rings. The number of hydrogen-bond donors (Lipinski definition) is 1. The first-order chi connectivity index (χ1) is 11.4. The summed E-state index contributed by atoms with van der Waals surface area (Å²) in [7, 11) is 5.30. The highest BCUT2D eigenvalue weighted by Crippen LogP contribution is 2.26. The molecule has 0 heterocycles. The van der Waals surface area contributed by atoms with Crippen LogP contribution in [0.4, 0.5) is 11.4 Å². The smallest absolute Gasteiger partial charge is 0.337 e. The molecule has 0 aliphatic heterocycles. The molecule has 0 aliphatic carbocycles. The van der Waals surface area contributed by atoms with Crippen molar-refractivity contribution in [3.63, 3.8) is 0 Å². The molecule has 6 nitrogen and oxygen atoms in total. The lowest BCUT2D eigenvalue weighted by Crippen LogP contribution is -2.31. The van der Waals surface area contributed by atoms with Gasteiger partial charge in [0.1, 0.15) is 6.61 Å². The largest absolute Gasteiger partial charge is 0.478 e. The number of carboxylic acid groups (broad SMARTS) is 1. The van der Waals surface area contributed by atoms with E-state index in [1.54, 1.807) is 19.2 Å². The van der Waals surface area contributed by atoms with Gasteiger partial charge >= 0.3 is 5.97 Å². The van der Waals surface area contributed by atoms with E-state index in [1.165, 1.54) is 11.0 Å². The van der Waals surface area contributed by atoms with Gasteiger partial charge in [-0.2, -0.15) is 0 Å². The van der Waals surface area contributed by atoms with Crippen LogP contribution in [0.25, 0.3) is 0 Å². The second-order valence-corrected chi connectivity index (χ2v) is 5.97. The molecule has 1 rings (SSSR count). The number of benzene rings is 1. The highest BCUT2D eigenvalue weighted by atomic mass is 16.5. The Hall–Kier alpha value is -2.08. The predicted octanol–water partition coefficient (Wildman–Crippen LogP) is 3.01. The highest BCUT2D eigenvalue weighted by Gasteiger charge is 2.19. The van der Waals surface area contributed by atoms with Gasteiger partial charge in [0.15, 0.2) is 0 Å². The van der Waals surface area contributed by atoms with Crippen LogP contribution in [0.2, 0.25) is 0 Å². The van der Waals surface area contributed by atoms with E-state index in [0.717, 1.165) is 31.4 Å². The van der Waals surface area contributed by atoms with Crippen molar-refractivity contribution in [1.29, 1.82) is 0 Å². The normalized spacial score (nSPS) is 10.5. The Kier molecular flexibility index (Phi) is 8.26. The van der Waals surface area contributed by atoms with Crippen molar-refractivity contribution in [2.75, 3.05) is 44.2 Å². The third-order valence-corrected chi connectivity index (χ3v) is 3.83. The molecular formula is C18H28N2O4. The average molecular weight is 336 g/mol. The van der Waals surface area contributed by atoms with Crippen LogP contribution in [-0.4, -0.2) is 51.3 Å². The molecule has 1 aromatic carbocycles. The Morgan fingerprint density at radius 1 is 1.12 bits per heavy atom. The van der Waals surface area contributed by atoms with E-state index in [0.29, 0.717) is 12.3 Å². The average Bonchev–Trinajstić information content (AvgIpc) is 2.56. The highest BCUT2D eigenvalue weighted by molar-refractivity contribution is 6.02. The summed E-state index contributed by atoms with van der Waals surface area (Å²) < 4.78 is 5.41. The van der Waals surface area contributed by atoms with Gasteiger partial charge in [0.25, 0.3) is 5.91 Å². The van der Waals surface area contributed by atoms with Crippen molar-refractivity contribution in [2.24, 2.45) is 0 Å². The van der Waals surface area contributed by atoms with Gasteiger partial charge in [-0.05, 0) is 24.6 Å². The number of rotatable bonds is 10. The number of nitrogens with zero attached hydrogens (tertiary/aromatic N) is 2. The van der Waals surface area contributed by atoms with E-state index in [2.05, 4.69) is 6.92 Å². The van der Waals surface area contributed by atoms with E-state index < -0.39 is 5.97 Å². The standard InChI is InChI=1S/C18H28N2O4/c1-5-6-7-8-11-24-13-17(21)20(4)16-12-14(19(2)3)9-10-15(16)18(22)23/h9-10,12H,5-8,11,13H2,1-4H3,(H,22,23). The van der Waals surface area contributed by atoms with Crippen LogP contribution >= 0.6 is 0 Å². The number of hydrogen-bond acceptors (Lipinski definition) is 4. The van der Waals surface area contributed by atoms with Crippen molar-refractivity contribution < 1.29 is 19.4 Å². The van der Waals surface area contributed by atoms with E-state index in [1.807, 2.05) is 19.0 Å². The summed E-state index contributed by atoms with van der Waals surface area (Å²) in [5.74, 6) is -1.32. The molecule has 0 saturated heterocycles. The van der Waals surface area contributed by atoms with Gasteiger partial charge < -0.3 is 19.6 Å². The molecule has 0 atom stereocenters. The number of ether oxygens (including phenoxy) is 1. The molecule has 0 radical (unpaired) electrons. The summed E-state index contributed by atoms with van der Waals surface area (Å²) in [6.07, 6.45) is 4.34. The first kappa shape index (κ1) is 20.0. The molecule has 0 unspecified atom stereocenters. The number of carboxylic acids is 1. The molecule has 1 amide bonds. The van der Waals surface area contributed by atoms with Gasteiger partial charge in [-0.25, -0.2) is 4.79 Å². The zero-order chi connectivity index (χ0) is 18.1. The van der Waals surface area contributed by atoms with Gasteiger partial charge in [-0.3, -0.25) is 4.79 Å². The van der Waals surface area contributed by atoms with Crippen LogP contribution in [0.15, 0.2) is 18.2 Å². The Morgan fingerprint density at radius 2 is 1.83 bits per heavy atom. The van der Waals surface area contributed by atoms with E-state index in [9.17, 15) is 14.7 Å². The zero-order valence-corrected chi connectivity index (χ0v) is 15.0. The molecule has 6 heteroatoms. The first-order valence-electron chi connectivity index (χ1n) is 8.27. The molecule has 0 spiro atoms. The fraction of sp³-hybridized carbons (Fsp3) is 0.556. The van der Waals surface area contributed by atoms with Crippen LogP contribution < -0.4 is 9.80 Å². The quantitative estimate of drug-likeness (QED) is 0.665. The third-order valence-electron chi connectivity index (χ3n) is 3.83. The second-order valence-electron chi connectivity index (χ2n) is 5.97. The maximum atomic E-state index is 12.3. The van der Waals surface area contributed by atoms with Crippen molar-refractivity contribution in [1.82, 2.24) is 0 Å². The molecule has 1 aromatic rings. The third kappa shape index (κ3) is 5.85. The summed E-state index contributed by atoms with van der Waals surface area (Å²) in [5.41, 5.74) is 1.29. The van der Waals surface area contributed by atoms with Crippen molar-refractivity contribution in [3.8, 4) is 0 Å². The molecule has 0 bridgehead atoms. The number of carbonyl (C=O) groups excluding carboxylic acids is 1. The second kappa shape index (κ2) is 9.93. The minimum Gasteiger partial charge on any atom is -0.478 e. The lowest BCUT2D eigenvalue weighted by molar-refractivity contribution is -0.122. The number of amides is 1. The number of anilines is 2. The maximum absolute atomic E-state index is 12.3. The fourth-order valence-corrected chi connectivity index (χ4v) is 2.28. The van der Waals surface area contributed by atoms with Crippen LogP contribution in [0.3, 0.4) is 0 Å². The maximum Gasteiger partial charge on any atom is 0.337 e. The Labute approximate surface area is 144 Å². The predicted molar refractivity (Wildman–Crippen MR) is 96.1 cm³/mol. The van der Waals surface area contributed by atoms with E-state index in [4.69, 9.17) is 4.74 Å². The Bertz CT molecular complexity index is 558. The van der Waals surface area contributed by atoms with Crippen molar-refractivity contribution >= 4 is 23.3 Å². The lowest BCUT2D eigenvalue weighted by atomic mass is 10.1. The molecule has 1 N–H and O–H groups in total. The molecular weight excluding hydrogens is 308 g/mol. The SMILES string of the molecule is CCCCCCOCC(=O)N(C)c1cc(N(C)C)ccc1C(=O)O.